The lowest BCUT2D eigenvalue weighted by Crippen LogP contribution is -2.26. The maximum atomic E-state index is 5.41. The molecule has 1 heterocycles. The van der Waals surface area contributed by atoms with Crippen LogP contribution in [-0.4, -0.2) is 9.97 Å². The molecule has 11 aromatic rings. The zero-order valence-electron chi connectivity index (χ0n) is 34.3. The molecule has 0 bridgehead atoms. The highest BCUT2D eigenvalue weighted by molar-refractivity contribution is 6.20. The maximum absolute atomic E-state index is 5.41. The van der Waals surface area contributed by atoms with Crippen LogP contribution in [0.1, 0.15) is 22.3 Å². The highest BCUT2D eigenvalue weighted by atomic mass is 14.9. The maximum Gasteiger partial charge on any atom is 0.160 e. The van der Waals surface area contributed by atoms with Gasteiger partial charge in [0.25, 0.3) is 0 Å². The van der Waals surface area contributed by atoms with E-state index in [2.05, 4.69) is 231 Å². The monoisotopic (exact) mass is 798 g/mol. The minimum absolute atomic E-state index is 0.508. The largest absolute Gasteiger partial charge is 0.228 e. The molecule has 10 aromatic carbocycles. The minimum atomic E-state index is -0.508. The molecule has 13 rings (SSSR count). The standard InChI is InChI=1S/C61H38N2/c1-3-16-39(17-4-1)41-30-32-42(33-31-41)56-38-57(44-21-15-20-43(36-44)40-18-5-2-6-19-40)63-60(62-56)45-34-35-55-52(37-45)48-24-11-13-28-53(48)61(55)54-29-14-12-27-51(54)58-49-25-9-7-22-46(49)47-23-8-10-26-50(47)59(58)61/h1-38H. The lowest BCUT2D eigenvalue weighted by atomic mass is 9.69. The summed E-state index contributed by atoms with van der Waals surface area (Å²) in [5.41, 5.74) is 19.4. The molecule has 63 heavy (non-hydrogen) atoms. The fourth-order valence-electron chi connectivity index (χ4n) is 10.8. The summed E-state index contributed by atoms with van der Waals surface area (Å²) in [4.78, 5) is 10.8. The van der Waals surface area contributed by atoms with Crippen LogP contribution in [-0.2, 0) is 5.41 Å². The predicted molar refractivity (Wildman–Crippen MR) is 261 cm³/mol. The van der Waals surface area contributed by atoms with Crippen molar-refractivity contribution in [2.24, 2.45) is 0 Å². The molecule has 0 N–H and O–H groups in total. The van der Waals surface area contributed by atoms with Crippen molar-refractivity contribution >= 4 is 21.5 Å². The average molecular weight is 799 g/mol. The molecule has 0 amide bonds. The Morgan fingerprint density at radius 2 is 0.746 bits per heavy atom. The van der Waals surface area contributed by atoms with Crippen LogP contribution in [0.2, 0.25) is 0 Å². The molecule has 0 saturated heterocycles. The van der Waals surface area contributed by atoms with Crippen molar-refractivity contribution in [3.63, 3.8) is 0 Å². The van der Waals surface area contributed by atoms with Gasteiger partial charge in [0.05, 0.1) is 16.8 Å². The summed E-state index contributed by atoms with van der Waals surface area (Å²) in [6.07, 6.45) is 0. The van der Waals surface area contributed by atoms with E-state index >= 15 is 0 Å². The van der Waals surface area contributed by atoms with Crippen LogP contribution in [0.4, 0.5) is 0 Å². The minimum Gasteiger partial charge on any atom is -0.228 e. The molecule has 0 aliphatic heterocycles. The number of hydrogen-bond donors (Lipinski definition) is 0. The summed E-state index contributed by atoms with van der Waals surface area (Å²) in [6, 6.07) is 83.8. The van der Waals surface area contributed by atoms with Gasteiger partial charge in [-0.3, -0.25) is 0 Å². The van der Waals surface area contributed by atoms with E-state index in [9.17, 15) is 0 Å². The van der Waals surface area contributed by atoms with Gasteiger partial charge in [-0.15, -0.1) is 0 Å². The van der Waals surface area contributed by atoms with Gasteiger partial charge in [0.1, 0.15) is 0 Å². The molecule has 1 aromatic heterocycles. The molecular formula is C61H38N2. The molecule has 0 radical (unpaired) electrons. The SMILES string of the molecule is c1ccc(-c2ccc(-c3cc(-c4cccc(-c5ccccc5)c4)nc(-c4ccc5c(c4)-c4ccccc4C54c5ccccc5-c5c4c4ccccc4c4ccccc54)n3)cc2)cc1. The van der Waals surface area contributed by atoms with E-state index < -0.39 is 5.41 Å². The Hall–Kier alpha value is -8.20. The first-order chi connectivity index (χ1) is 31.2. The molecule has 2 heteroatoms. The molecule has 0 fully saturated rings. The van der Waals surface area contributed by atoms with Crippen LogP contribution in [0.15, 0.2) is 231 Å². The second kappa shape index (κ2) is 13.9. The van der Waals surface area contributed by atoms with E-state index in [0.29, 0.717) is 5.82 Å². The first-order valence-electron chi connectivity index (χ1n) is 21.7. The van der Waals surface area contributed by atoms with E-state index in [0.717, 1.165) is 33.6 Å². The third-order valence-electron chi connectivity index (χ3n) is 13.5. The molecule has 1 unspecified atom stereocenters. The van der Waals surface area contributed by atoms with E-state index in [1.54, 1.807) is 0 Å². The van der Waals surface area contributed by atoms with Crippen LogP contribution < -0.4 is 0 Å². The predicted octanol–water partition coefficient (Wildman–Crippen LogP) is 15.5. The van der Waals surface area contributed by atoms with E-state index in [1.807, 2.05) is 0 Å². The van der Waals surface area contributed by atoms with Gasteiger partial charge in [0.2, 0.25) is 0 Å². The summed E-state index contributed by atoms with van der Waals surface area (Å²) in [5, 5.41) is 5.17. The molecule has 2 aliphatic carbocycles. The van der Waals surface area contributed by atoms with Crippen molar-refractivity contribution in [2.75, 3.05) is 0 Å². The Morgan fingerprint density at radius 3 is 1.48 bits per heavy atom. The number of aromatic nitrogens is 2. The Labute approximate surface area is 366 Å². The van der Waals surface area contributed by atoms with Gasteiger partial charge < -0.3 is 0 Å². The van der Waals surface area contributed by atoms with Gasteiger partial charge in [0.15, 0.2) is 5.82 Å². The molecule has 1 atom stereocenters. The Balaban J connectivity index is 1.03. The summed E-state index contributed by atoms with van der Waals surface area (Å²) in [5.74, 6) is 0.699. The van der Waals surface area contributed by atoms with Crippen LogP contribution in [0.3, 0.4) is 0 Å². The highest BCUT2D eigenvalue weighted by Gasteiger charge is 2.53. The van der Waals surface area contributed by atoms with Crippen molar-refractivity contribution in [1.82, 2.24) is 9.97 Å². The zero-order chi connectivity index (χ0) is 41.5. The van der Waals surface area contributed by atoms with Crippen molar-refractivity contribution < 1.29 is 0 Å². The average Bonchev–Trinajstić information content (AvgIpc) is 3.84. The molecule has 2 aliphatic rings. The van der Waals surface area contributed by atoms with Gasteiger partial charge >= 0.3 is 0 Å². The van der Waals surface area contributed by atoms with Crippen LogP contribution in [0, 0.1) is 0 Å². The highest BCUT2D eigenvalue weighted by Crippen LogP contribution is 2.65. The molecular weight excluding hydrogens is 761 g/mol. The van der Waals surface area contributed by atoms with Crippen molar-refractivity contribution in [1.29, 1.82) is 0 Å². The second-order valence-corrected chi connectivity index (χ2v) is 16.8. The summed E-state index contributed by atoms with van der Waals surface area (Å²) >= 11 is 0. The second-order valence-electron chi connectivity index (χ2n) is 16.8. The van der Waals surface area contributed by atoms with Gasteiger partial charge in [-0.2, -0.15) is 0 Å². The molecule has 1 spiro atoms. The first-order valence-corrected chi connectivity index (χ1v) is 21.7. The normalized spacial score (nSPS) is 14.4. The van der Waals surface area contributed by atoms with Crippen molar-refractivity contribution in [3.05, 3.63) is 253 Å². The quantitative estimate of drug-likeness (QED) is 0.162. The Morgan fingerprint density at radius 1 is 0.270 bits per heavy atom. The van der Waals surface area contributed by atoms with Crippen LogP contribution in [0.25, 0.3) is 100.0 Å². The lowest BCUT2D eigenvalue weighted by Gasteiger charge is -2.31. The van der Waals surface area contributed by atoms with Gasteiger partial charge in [-0.25, -0.2) is 9.97 Å². The fraction of sp³-hybridized carbons (Fsp3) is 0.0164. The summed E-state index contributed by atoms with van der Waals surface area (Å²) < 4.78 is 0. The summed E-state index contributed by atoms with van der Waals surface area (Å²) in [6.45, 7) is 0. The Kier molecular flexibility index (Phi) is 7.85. The number of benzene rings is 10. The van der Waals surface area contributed by atoms with Crippen molar-refractivity contribution in [2.45, 2.75) is 5.41 Å². The number of hydrogen-bond acceptors (Lipinski definition) is 2. The summed E-state index contributed by atoms with van der Waals surface area (Å²) in [7, 11) is 0. The third kappa shape index (κ3) is 5.32. The van der Waals surface area contributed by atoms with Gasteiger partial charge in [-0.1, -0.05) is 212 Å². The Bertz CT molecular complexity index is 3610. The van der Waals surface area contributed by atoms with Crippen LogP contribution in [0.5, 0.6) is 0 Å². The lowest BCUT2D eigenvalue weighted by molar-refractivity contribution is 0.802. The van der Waals surface area contributed by atoms with E-state index in [4.69, 9.17) is 9.97 Å². The zero-order valence-corrected chi connectivity index (χ0v) is 34.3. The smallest absolute Gasteiger partial charge is 0.160 e. The van der Waals surface area contributed by atoms with Gasteiger partial charge in [0, 0.05) is 16.7 Å². The first kappa shape index (κ1) is 35.5. The van der Waals surface area contributed by atoms with Crippen molar-refractivity contribution in [3.8, 4) is 78.4 Å². The molecule has 0 saturated carbocycles. The van der Waals surface area contributed by atoms with E-state index in [1.165, 1.54) is 82.7 Å². The van der Waals surface area contributed by atoms with Crippen LogP contribution >= 0.6 is 0 Å². The van der Waals surface area contributed by atoms with E-state index in [-0.39, 0.29) is 0 Å². The number of rotatable bonds is 5. The topological polar surface area (TPSA) is 25.8 Å². The number of fused-ring (bicyclic) bond motifs is 15. The molecule has 292 valence electrons. The third-order valence-corrected chi connectivity index (χ3v) is 13.5. The fourth-order valence-corrected chi connectivity index (χ4v) is 10.8. The molecule has 2 nitrogen and oxygen atoms in total. The van der Waals surface area contributed by atoms with Gasteiger partial charge in [-0.05, 0) is 107 Å². The number of nitrogens with zero attached hydrogens (tertiary/aromatic N) is 2.